The molecule has 1 amide bonds. The summed E-state index contributed by atoms with van der Waals surface area (Å²) < 4.78 is 1.93. The van der Waals surface area contributed by atoms with E-state index in [2.05, 4.69) is 39.4 Å². The maximum atomic E-state index is 13.0. The Labute approximate surface area is 175 Å². The number of fused-ring (bicyclic) bond motifs is 1. The van der Waals surface area contributed by atoms with Crippen LogP contribution in [-0.4, -0.2) is 30.9 Å². The van der Waals surface area contributed by atoms with Crippen LogP contribution >= 0.6 is 0 Å². The molecular formula is C23H24N6O. The van der Waals surface area contributed by atoms with Crippen molar-refractivity contribution in [3.05, 3.63) is 71.3 Å². The molecule has 0 fully saturated rings. The number of hydrogen-bond donors (Lipinski definition) is 1. The molecule has 30 heavy (non-hydrogen) atoms. The molecule has 0 unspecified atom stereocenters. The van der Waals surface area contributed by atoms with Gasteiger partial charge < -0.3 is 5.32 Å². The van der Waals surface area contributed by atoms with Gasteiger partial charge in [-0.3, -0.25) is 14.5 Å². The number of benzene rings is 1. The van der Waals surface area contributed by atoms with E-state index in [4.69, 9.17) is 0 Å². The summed E-state index contributed by atoms with van der Waals surface area (Å²) in [6, 6.07) is 11.7. The molecule has 0 saturated carbocycles. The number of carbonyl (C=O) groups is 1. The summed E-state index contributed by atoms with van der Waals surface area (Å²) in [6.07, 6.45) is 3.67. The number of pyridine rings is 1. The van der Waals surface area contributed by atoms with Gasteiger partial charge in [0.25, 0.3) is 5.91 Å². The number of aryl methyl sites for hydroxylation is 2. The van der Waals surface area contributed by atoms with Gasteiger partial charge in [0.1, 0.15) is 0 Å². The van der Waals surface area contributed by atoms with Crippen LogP contribution in [0.4, 0.5) is 0 Å². The monoisotopic (exact) mass is 400 g/mol. The SMILES string of the molecule is Cc1ccc(-c2cc(C(=O)NCc3ccc(C)nn3)cc3c2cnn3C(C)C)nc1. The molecule has 152 valence electrons. The van der Waals surface area contributed by atoms with Gasteiger partial charge in [-0.05, 0) is 63.6 Å². The second-order valence-electron chi connectivity index (χ2n) is 7.71. The average Bonchev–Trinajstić information content (AvgIpc) is 3.17. The van der Waals surface area contributed by atoms with Crippen LogP contribution in [0.1, 0.15) is 47.2 Å². The summed E-state index contributed by atoms with van der Waals surface area (Å²) in [6.45, 7) is 8.33. The van der Waals surface area contributed by atoms with E-state index in [9.17, 15) is 4.79 Å². The van der Waals surface area contributed by atoms with E-state index in [0.29, 0.717) is 17.8 Å². The van der Waals surface area contributed by atoms with Crippen molar-refractivity contribution in [2.75, 3.05) is 0 Å². The summed E-state index contributed by atoms with van der Waals surface area (Å²) >= 11 is 0. The van der Waals surface area contributed by atoms with Gasteiger partial charge >= 0.3 is 0 Å². The van der Waals surface area contributed by atoms with Crippen molar-refractivity contribution in [3.63, 3.8) is 0 Å². The third-order valence-electron chi connectivity index (χ3n) is 4.94. The summed E-state index contributed by atoms with van der Waals surface area (Å²) in [5, 5.41) is 16.6. The fraction of sp³-hybridized carbons (Fsp3) is 0.261. The van der Waals surface area contributed by atoms with Gasteiger partial charge in [0, 0.05) is 28.8 Å². The van der Waals surface area contributed by atoms with Crippen molar-refractivity contribution in [2.24, 2.45) is 0 Å². The molecule has 1 N–H and O–H groups in total. The molecule has 0 saturated heterocycles. The quantitative estimate of drug-likeness (QED) is 0.547. The van der Waals surface area contributed by atoms with Crippen molar-refractivity contribution in [1.82, 2.24) is 30.3 Å². The van der Waals surface area contributed by atoms with Crippen LogP contribution in [0.3, 0.4) is 0 Å². The molecule has 0 aliphatic rings. The van der Waals surface area contributed by atoms with E-state index < -0.39 is 0 Å². The molecule has 7 heteroatoms. The Kier molecular flexibility index (Phi) is 5.27. The Morgan fingerprint density at radius 2 is 1.90 bits per heavy atom. The summed E-state index contributed by atoms with van der Waals surface area (Å²) in [5.74, 6) is -0.177. The standard InChI is InChI=1S/C23H24N6O/c1-14(2)29-22-10-17(23(30)25-12-18-7-6-16(4)27-28-18)9-19(20(22)13-26-29)21-8-5-15(3)11-24-21/h5-11,13-14H,12H2,1-4H3,(H,25,30). The number of amides is 1. The Morgan fingerprint density at radius 1 is 1.07 bits per heavy atom. The highest BCUT2D eigenvalue weighted by molar-refractivity contribution is 6.03. The lowest BCUT2D eigenvalue weighted by molar-refractivity contribution is 0.0950. The van der Waals surface area contributed by atoms with Gasteiger partial charge in [0.05, 0.1) is 35.3 Å². The first-order valence-corrected chi connectivity index (χ1v) is 9.94. The average molecular weight is 400 g/mol. The van der Waals surface area contributed by atoms with Crippen LogP contribution in [0.2, 0.25) is 0 Å². The zero-order chi connectivity index (χ0) is 21.3. The normalized spacial score (nSPS) is 11.2. The fourth-order valence-electron chi connectivity index (χ4n) is 3.32. The molecule has 3 aromatic heterocycles. The van der Waals surface area contributed by atoms with Gasteiger partial charge in [0.15, 0.2) is 0 Å². The molecule has 7 nitrogen and oxygen atoms in total. The van der Waals surface area contributed by atoms with E-state index in [-0.39, 0.29) is 11.9 Å². The van der Waals surface area contributed by atoms with E-state index in [1.165, 1.54) is 0 Å². The molecule has 0 bridgehead atoms. The molecule has 0 atom stereocenters. The van der Waals surface area contributed by atoms with Gasteiger partial charge in [-0.1, -0.05) is 6.07 Å². The first-order valence-electron chi connectivity index (χ1n) is 9.94. The van der Waals surface area contributed by atoms with Crippen molar-refractivity contribution >= 4 is 16.8 Å². The molecule has 0 aliphatic heterocycles. The van der Waals surface area contributed by atoms with Crippen LogP contribution in [0.15, 0.2) is 48.8 Å². The van der Waals surface area contributed by atoms with E-state index in [0.717, 1.165) is 33.4 Å². The lowest BCUT2D eigenvalue weighted by Gasteiger charge is -2.12. The first-order chi connectivity index (χ1) is 14.4. The molecule has 0 radical (unpaired) electrons. The minimum atomic E-state index is -0.177. The fourth-order valence-corrected chi connectivity index (χ4v) is 3.32. The van der Waals surface area contributed by atoms with Crippen LogP contribution in [-0.2, 0) is 6.54 Å². The summed E-state index contributed by atoms with van der Waals surface area (Å²) in [4.78, 5) is 17.5. The topological polar surface area (TPSA) is 85.6 Å². The molecular weight excluding hydrogens is 376 g/mol. The predicted molar refractivity (Wildman–Crippen MR) is 116 cm³/mol. The van der Waals surface area contributed by atoms with Crippen molar-refractivity contribution in [1.29, 1.82) is 0 Å². The number of nitrogens with one attached hydrogen (secondary N) is 1. The molecule has 1 aromatic carbocycles. The second kappa shape index (κ2) is 8.02. The van der Waals surface area contributed by atoms with Crippen molar-refractivity contribution in [2.45, 2.75) is 40.3 Å². The number of carbonyl (C=O) groups excluding carboxylic acids is 1. The number of rotatable bonds is 5. The highest BCUT2D eigenvalue weighted by Crippen LogP contribution is 2.30. The zero-order valence-electron chi connectivity index (χ0n) is 17.5. The van der Waals surface area contributed by atoms with Crippen LogP contribution in [0.5, 0.6) is 0 Å². The Hall–Kier alpha value is -3.61. The molecule has 0 spiro atoms. The zero-order valence-corrected chi connectivity index (χ0v) is 17.5. The minimum Gasteiger partial charge on any atom is -0.346 e. The number of nitrogens with zero attached hydrogens (tertiary/aromatic N) is 5. The Morgan fingerprint density at radius 3 is 2.57 bits per heavy atom. The summed E-state index contributed by atoms with van der Waals surface area (Å²) in [7, 11) is 0. The lowest BCUT2D eigenvalue weighted by Crippen LogP contribution is -2.23. The van der Waals surface area contributed by atoms with E-state index in [1.54, 1.807) is 0 Å². The minimum absolute atomic E-state index is 0.169. The third kappa shape index (κ3) is 3.91. The lowest BCUT2D eigenvalue weighted by atomic mass is 10.0. The van der Waals surface area contributed by atoms with Gasteiger partial charge in [-0.2, -0.15) is 15.3 Å². The Balaban J connectivity index is 1.73. The van der Waals surface area contributed by atoms with Crippen LogP contribution in [0, 0.1) is 13.8 Å². The first kappa shape index (κ1) is 19.7. The molecule has 4 aromatic rings. The maximum Gasteiger partial charge on any atom is 0.251 e. The van der Waals surface area contributed by atoms with E-state index in [1.807, 2.05) is 67.3 Å². The third-order valence-corrected chi connectivity index (χ3v) is 4.94. The number of hydrogen-bond acceptors (Lipinski definition) is 5. The largest absolute Gasteiger partial charge is 0.346 e. The maximum absolute atomic E-state index is 13.0. The highest BCUT2D eigenvalue weighted by Gasteiger charge is 2.17. The van der Waals surface area contributed by atoms with Gasteiger partial charge in [0.2, 0.25) is 0 Å². The second-order valence-corrected chi connectivity index (χ2v) is 7.71. The number of aromatic nitrogens is 5. The van der Waals surface area contributed by atoms with Crippen molar-refractivity contribution < 1.29 is 4.79 Å². The highest BCUT2D eigenvalue weighted by atomic mass is 16.1. The summed E-state index contributed by atoms with van der Waals surface area (Å²) in [5.41, 5.74) is 5.80. The Bertz CT molecular complexity index is 1190. The molecule has 0 aliphatic carbocycles. The smallest absolute Gasteiger partial charge is 0.251 e. The van der Waals surface area contributed by atoms with Crippen LogP contribution < -0.4 is 5.32 Å². The van der Waals surface area contributed by atoms with Gasteiger partial charge in [-0.15, -0.1) is 0 Å². The molecule has 3 heterocycles. The van der Waals surface area contributed by atoms with Crippen molar-refractivity contribution in [3.8, 4) is 11.3 Å². The van der Waals surface area contributed by atoms with Gasteiger partial charge in [-0.25, -0.2) is 0 Å². The predicted octanol–water partition coefficient (Wildman–Crippen LogP) is 4.02. The van der Waals surface area contributed by atoms with E-state index >= 15 is 0 Å². The van der Waals surface area contributed by atoms with Crippen LogP contribution in [0.25, 0.3) is 22.2 Å². The molecule has 4 rings (SSSR count).